The summed E-state index contributed by atoms with van der Waals surface area (Å²) >= 11 is 3.45. The van der Waals surface area contributed by atoms with E-state index in [9.17, 15) is 4.79 Å². The molecule has 18 heavy (non-hydrogen) atoms. The van der Waals surface area contributed by atoms with Gasteiger partial charge in [0.15, 0.2) is 0 Å². The van der Waals surface area contributed by atoms with Crippen molar-refractivity contribution in [2.24, 2.45) is 0 Å². The number of rotatable bonds is 6. The molecule has 4 heteroatoms. The number of ether oxygens (including phenoxy) is 1. The van der Waals surface area contributed by atoms with E-state index in [1.807, 2.05) is 37.9 Å². The van der Waals surface area contributed by atoms with Gasteiger partial charge in [-0.15, -0.1) is 0 Å². The Morgan fingerprint density at radius 1 is 1.44 bits per heavy atom. The average molecular weight is 314 g/mol. The molecule has 1 atom stereocenters. The number of benzene rings is 1. The van der Waals surface area contributed by atoms with Gasteiger partial charge >= 0.3 is 5.97 Å². The Morgan fingerprint density at radius 2 is 2.17 bits per heavy atom. The van der Waals surface area contributed by atoms with Gasteiger partial charge in [0.2, 0.25) is 0 Å². The highest BCUT2D eigenvalue weighted by molar-refractivity contribution is 9.10. The molecule has 0 fully saturated rings. The lowest BCUT2D eigenvalue weighted by molar-refractivity contribution is -0.149. The van der Waals surface area contributed by atoms with Crippen LogP contribution in [0.1, 0.15) is 25.8 Å². The molecule has 1 unspecified atom stereocenters. The average Bonchev–Trinajstić information content (AvgIpc) is 2.30. The number of esters is 1. The number of carbonyl (C=O) groups excluding carboxylic acids is 1. The summed E-state index contributed by atoms with van der Waals surface area (Å²) in [6.07, 6.45) is 0.753. The molecule has 0 bridgehead atoms. The van der Waals surface area contributed by atoms with Gasteiger partial charge in [0.05, 0.1) is 6.61 Å². The van der Waals surface area contributed by atoms with Crippen LogP contribution in [-0.2, 0) is 16.1 Å². The fourth-order valence-electron chi connectivity index (χ4n) is 1.93. The van der Waals surface area contributed by atoms with Gasteiger partial charge in [-0.25, -0.2) is 0 Å². The van der Waals surface area contributed by atoms with Gasteiger partial charge in [-0.3, -0.25) is 9.69 Å². The second-order valence-corrected chi connectivity index (χ2v) is 5.14. The highest BCUT2D eigenvalue weighted by Crippen LogP contribution is 2.15. The van der Waals surface area contributed by atoms with E-state index in [-0.39, 0.29) is 12.0 Å². The number of hydrogen-bond acceptors (Lipinski definition) is 3. The van der Waals surface area contributed by atoms with Crippen LogP contribution in [0.2, 0.25) is 0 Å². The van der Waals surface area contributed by atoms with E-state index in [4.69, 9.17) is 4.74 Å². The predicted molar refractivity (Wildman–Crippen MR) is 76.3 cm³/mol. The lowest BCUT2D eigenvalue weighted by atomic mass is 10.1. The minimum absolute atomic E-state index is 0.141. The van der Waals surface area contributed by atoms with Crippen molar-refractivity contribution in [3.63, 3.8) is 0 Å². The van der Waals surface area contributed by atoms with E-state index < -0.39 is 0 Å². The number of hydrogen-bond donors (Lipinski definition) is 0. The SMILES string of the molecule is CCOC(=O)C(CC)N(C)Cc1cccc(Br)c1. The maximum Gasteiger partial charge on any atom is 0.323 e. The molecule has 0 aliphatic rings. The number of halogens is 1. The number of likely N-dealkylation sites (N-methyl/N-ethyl adjacent to an activating group) is 1. The first-order valence-corrected chi connectivity index (χ1v) is 6.99. The summed E-state index contributed by atoms with van der Waals surface area (Å²) in [4.78, 5) is 13.8. The zero-order chi connectivity index (χ0) is 13.5. The lowest BCUT2D eigenvalue weighted by Gasteiger charge is -2.25. The number of nitrogens with zero attached hydrogens (tertiary/aromatic N) is 1. The standard InChI is InChI=1S/C14H20BrNO2/c1-4-13(14(17)18-5-2)16(3)10-11-7-6-8-12(15)9-11/h6-9,13H,4-5,10H2,1-3H3. The molecule has 1 rings (SSSR count). The Labute approximate surface area is 117 Å². The molecule has 0 heterocycles. The fraction of sp³-hybridized carbons (Fsp3) is 0.500. The van der Waals surface area contributed by atoms with Crippen LogP contribution in [0.15, 0.2) is 28.7 Å². The van der Waals surface area contributed by atoms with E-state index in [1.54, 1.807) is 0 Å². The van der Waals surface area contributed by atoms with E-state index in [0.717, 1.165) is 17.4 Å². The molecule has 100 valence electrons. The zero-order valence-electron chi connectivity index (χ0n) is 11.1. The molecular formula is C14H20BrNO2. The van der Waals surface area contributed by atoms with Crippen LogP contribution in [0.5, 0.6) is 0 Å². The first kappa shape index (κ1) is 15.2. The summed E-state index contributed by atoms with van der Waals surface area (Å²) in [5.74, 6) is -0.141. The Bertz CT molecular complexity index is 395. The largest absolute Gasteiger partial charge is 0.465 e. The molecule has 0 spiro atoms. The molecule has 0 aliphatic heterocycles. The molecular weight excluding hydrogens is 294 g/mol. The van der Waals surface area contributed by atoms with Crippen molar-refractivity contribution >= 4 is 21.9 Å². The van der Waals surface area contributed by atoms with Crippen molar-refractivity contribution in [2.75, 3.05) is 13.7 Å². The van der Waals surface area contributed by atoms with Crippen molar-refractivity contribution < 1.29 is 9.53 Å². The molecule has 3 nitrogen and oxygen atoms in total. The molecule has 1 aromatic carbocycles. The third kappa shape index (κ3) is 4.42. The van der Waals surface area contributed by atoms with Crippen LogP contribution in [0.25, 0.3) is 0 Å². The van der Waals surface area contributed by atoms with Gasteiger partial charge in [0.25, 0.3) is 0 Å². The van der Waals surface area contributed by atoms with Crippen molar-refractivity contribution in [3.8, 4) is 0 Å². The molecule has 0 aromatic heterocycles. The molecule has 0 aliphatic carbocycles. The van der Waals surface area contributed by atoms with E-state index in [2.05, 4.69) is 28.1 Å². The van der Waals surface area contributed by atoms with Crippen LogP contribution in [0, 0.1) is 0 Å². The quantitative estimate of drug-likeness (QED) is 0.755. The maximum atomic E-state index is 11.8. The third-order valence-corrected chi connectivity index (χ3v) is 3.29. The molecule has 0 radical (unpaired) electrons. The first-order valence-electron chi connectivity index (χ1n) is 6.19. The highest BCUT2D eigenvalue weighted by atomic mass is 79.9. The normalized spacial score (nSPS) is 12.5. The number of carbonyl (C=O) groups is 1. The predicted octanol–water partition coefficient (Wildman–Crippen LogP) is 3.22. The van der Waals surface area contributed by atoms with Gasteiger partial charge in [-0.05, 0) is 38.1 Å². The Balaban J connectivity index is 2.67. The Hall–Kier alpha value is -0.870. The van der Waals surface area contributed by atoms with Crippen molar-refractivity contribution in [3.05, 3.63) is 34.3 Å². The summed E-state index contributed by atoms with van der Waals surface area (Å²) in [5.41, 5.74) is 1.18. The van der Waals surface area contributed by atoms with Crippen molar-refractivity contribution in [1.29, 1.82) is 0 Å². The topological polar surface area (TPSA) is 29.5 Å². The smallest absolute Gasteiger partial charge is 0.323 e. The van der Waals surface area contributed by atoms with Crippen molar-refractivity contribution in [2.45, 2.75) is 32.9 Å². The fourth-order valence-corrected chi connectivity index (χ4v) is 2.38. The highest BCUT2D eigenvalue weighted by Gasteiger charge is 2.22. The second-order valence-electron chi connectivity index (χ2n) is 4.22. The zero-order valence-corrected chi connectivity index (χ0v) is 12.7. The van der Waals surface area contributed by atoms with Gasteiger partial charge in [-0.1, -0.05) is 35.0 Å². The molecule has 0 saturated carbocycles. The second kappa shape index (κ2) is 7.54. The van der Waals surface area contributed by atoms with Gasteiger partial charge in [-0.2, -0.15) is 0 Å². The first-order chi connectivity index (χ1) is 8.58. The van der Waals surface area contributed by atoms with Crippen LogP contribution in [0.4, 0.5) is 0 Å². The van der Waals surface area contributed by atoms with E-state index >= 15 is 0 Å². The van der Waals surface area contributed by atoms with Crippen molar-refractivity contribution in [1.82, 2.24) is 4.90 Å². The Kier molecular flexibility index (Phi) is 6.36. The minimum Gasteiger partial charge on any atom is -0.465 e. The molecule has 0 saturated heterocycles. The van der Waals surface area contributed by atoms with E-state index in [0.29, 0.717) is 6.61 Å². The lowest BCUT2D eigenvalue weighted by Crippen LogP contribution is -2.38. The summed E-state index contributed by atoms with van der Waals surface area (Å²) in [7, 11) is 1.95. The third-order valence-electron chi connectivity index (χ3n) is 2.80. The minimum atomic E-state index is -0.177. The molecule has 0 N–H and O–H groups in total. The summed E-state index contributed by atoms with van der Waals surface area (Å²) < 4.78 is 6.14. The molecule has 1 aromatic rings. The van der Waals surface area contributed by atoms with Crippen LogP contribution in [0.3, 0.4) is 0 Å². The Morgan fingerprint density at radius 3 is 2.72 bits per heavy atom. The van der Waals surface area contributed by atoms with E-state index in [1.165, 1.54) is 5.56 Å². The maximum absolute atomic E-state index is 11.8. The summed E-state index contributed by atoms with van der Waals surface area (Å²) in [6, 6.07) is 7.93. The summed E-state index contributed by atoms with van der Waals surface area (Å²) in [6.45, 7) is 4.99. The van der Waals surface area contributed by atoms with Crippen LogP contribution >= 0.6 is 15.9 Å². The monoisotopic (exact) mass is 313 g/mol. The van der Waals surface area contributed by atoms with Gasteiger partial charge < -0.3 is 4.74 Å². The summed E-state index contributed by atoms with van der Waals surface area (Å²) in [5, 5.41) is 0. The molecule has 0 amide bonds. The van der Waals surface area contributed by atoms with Gasteiger partial charge in [0, 0.05) is 11.0 Å². The van der Waals surface area contributed by atoms with Gasteiger partial charge in [0.1, 0.15) is 6.04 Å². The van der Waals surface area contributed by atoms with Crippen LogP contribution in [-0.4, -0.2) is 30.6 Å². The van der Waals surface area contributed by atoms with Crippen LogP contribution < -0.4 is 0 Å².